The molecule has 5 nitrogen and oxygen atoms in total. The number of hydrogen-bond acceptors (Lipinski definition) is 4. The molecule has 1 aromatic rings. The van der Waals surface area contributed by atoms with Gasteiger partial charge < -0.3 is 15.0 Å². The normalized spacial score (nSPS) is 15.9. The monoisotopic (exact) mass is 362 g/mol. The second-order valence-corrected chi connectivity index (χ2v) is 6.42. The first-order chi connectivity index (χ1) is 11.3. The molecule has 0 spiro atoms. The fourth-order valence-corrected chi connectivity index (χ4v) is 2.95. The number of likely N-dealkylation sites (tertiary alicyclic amines) is 1. The van der Waals surface area contributed by atoms with Crippen LogP contribution >= 0.6 is 11.8 Å². The Balaban J connectivity index is 1.86. The number of nitrogens with one attached hydrogen (secondary N) is 1. The fraction of sp³-hybridized carbons (Fsp3) is 0.467. The predicted molar refractivity (Wildman–Crippen MR) is 82.8 cm³/mol. The maximum atomic E-state index is 12.3. The van der Waals surface area contributed by atoms with Crippen LogP contribution in [0.1, 0.15) is 23.2 Å². The van der Waals surface area contributed by atoms with E-state index >= 15 is 0 Å². The summed E-state index contributed by atoms with van der Waals surface area (Å²) in [5.74, 6) is -0.338. The van der Waals surface area contributed by atoms with Gasteiger partial charge in [-0.2, -0.15) is 13.2 Å². The first kappa shape index (κ1) is 18.4. The van der Waals surface area contributed by atoms with Crippen LogP contribution in [-0.4, -0.2) is 48.6 Å². The van der Waals surface area contributed by atoms with Crippen molar-refractivity contribution >= 4 is 23.8 Å². The van der Waals surface area contributed by atoms with Gasteiger partial charge in [0.1, 0.15) is 0 Å². The zero-order chi connectivity index (χ0) is 17.7. The van der Waals surface area contributed by atoms with Crippen molar-refractivity contribution in [3.8, 4) is 0 Å². The summed E-state index contributed by atoms with van der Waals surface area (Å²) in [5, 5.41) is 2.83. The quantitative estimate of drug-likeness (QED) is 0.839. The molecule has 0 atom stereocenters. The molecule has 0 unspecified atom stereocenters. The van der Waals surface area contributed by atoms with Crippen LogP contribution in [0.3, 0.4) is 0 Å². The lowest BCUT2D eigenvalue weighted by atomic mass is 10.0. The molecule has 1 aliphatic heterocycles. The zero-order valence-corrected chi connectivity index (χ0v) is 13.7. The molecule has 0 bridgehead atoms. The highest BCUT2D eigenvalue weighted by atomic mass is 32.2. The van der Waals surface area contributed by atoms with Gasteiger partial charge in [-0.15, -0.1) is 0 Å². The second kappa shape index (κ2) is 7.78. The molecule has 0 radical (unpaired) electrons. The Morgan fingerprint density at radius 2 is 1.79 bits per heavy atom. The average Bonchev–Trinajstić information content (AvgIpc) is 2.54. The summed E-state index contributed by atoms with van der Waals surface area (Å²) in [4.78, 5) is 25.1. The number of rotatable bonds is 3. The molecule has 2 rings (SSSR count). The number of ether oxygens (including phenoxy) is 1. The van der Waals surface area contributed by atoms with E-state index in [1.807, 2.05) is 0 Å². The molecule has 1 aliphatic rings. The number of halogens is 3. The molecule has 1 aromatic carbocycles. The smallest absolute Gasteiger partial charge is 0.446 e. The van der Waals surface area contributed by atoms with E-state index in [0.29, 0.717) is 31.5 Å². The van der Waals surface area contributed by atoms with Gasteiger partial charge >= 0.3 is 11.6 Å². The van der Waals surface area contributed by atoms with Crippen LogP contribution < -0.4 is 5.32 Å². The van der Waals surface area contributed by atoms with E-state index in [-0.39, 0.29) is 28.6 Å². The minimum Gasteiger partial charge on any atom is -0.453 e. The summed E-state index contributed by atoms with van der Waals surface area (Å²) in [6.45, 7) is 0.970. The number of piperidine rings is 1. The molecular weight excluding hydrogens is 345 g/mol. The van der Waals surface area contributed by atoms with Gasteiger partial charge in [0.05, 0.1) is 7.11 Å². The number of nitrogens with zero attached hydrogens (tertiary/aromatic N) is 1. The van der Waals surface area contributed by atoms with E-state index in [1.54, 1.807) is 4.90 Å². The highest BCUT2D eigenvalue weighted by molar-refractivity contribution is 8.00. The molecule has 9 heteroatoms. The highest BCUT2D eigenvalue weighted by Gasteiger charge is 2.29. The third-order valence-electron chi connectivity index (χ3n) is 3.61. The molecule has 2 amide bonds. The molecule has 24 heavy (non-hydrogen) atoms. The maximum Gasteiger partial charge on any atom is 0.446 e. The van der Waals surface area contributed by atoms with E-state index in [4.69, 9.17) is 0 Å². The van der Waals surface area contributed by atoms with Crippen LogP contribution in [0.4, 0.5) is 18.0 Å². The molecule has 132 valence electrons. The third-order valence-corrected chi connectivity index (χ3v) is 4.35. The molecule has 1 fully saturated rings. The Morgan fingerprint density at radius 1 is 1.21 bits per heavy atom. The van der Waals surface area contributed by atoms with Crippen LogP contribution in [0.25, 0.3) is 0 Å². The molecule has 1 N–H and O–H groups in total. The lowest BCUT2D eigenvalue weighted by molar-refractivity contribution is -0.0328. The molecule has 0 saturated carbocycles. The van der Waals surface area contributed by atoms with E-state index < -0.39 is 11.6 Å². The van der Waals surface area contributed by atoms with Crippen molar-refractivity contribution in [2.75, 3.05) is 20.2 Å². The van der Waals surface area contributed by atoms with Crippen LogP contribution in [0, 0.1) is 0 Å². The minimum absolute atomic E-state index is 0.0328. The summed E-state index contributed by atoms with van der Waals surface area (Å²) in [5.41, 5.74) is -4.05. The number of carbonyl (C=O) groups excluding carboxylic acids is 2. The average molecular weight is 362 g/mol. The van der Waals surface area contributed by atoms with Gasteiger partial charge in [-0.1, -0.05) is 0 Å². The molecule has 0 aromatic heterocycles. The molecule has 1 heterocycles. The lowest BCUT2D eigenvalue weighted by Gasteiger charge is -2.31. The van der Waals surface area contributed by atoms with E-state index in [9.17, 15) is 22.8 Å². The minimum atomic E-state index is -4.35. The number of methoxy groups -OCH3 is 1. The van der Waals surface area contributed by atoms with Crippen LogP contribution in [-0.2, 0) is 4.74 Å². The van der Waals surface area contributed by atoms with Crippen LogP contribution in [0.5, 0.6) is 0 Å². The molecular formula is C15H17F3N2O3S. The van der Waals surface area contributed by atoms with Gasteiger partial charge in [-0.3, -0.25) is 4.79 Å². The first-order valence-corrected chi connectivity index (χ1v) is 8.09. The number of hydrogen-bond donors (Lipinski definition) is 1. The van der Waals surface area contributed by atoms with Gasteiger partial charge in [0, 0.05) is 29.6 Å². The van der Waals surface area contributed by atoms with Crippen molar-refractivity contribution in [1.82, 2.24) is 10.2 Å². The highest BCUT2D eigenvalue weighted by Crippen LogP contribution is 2.36. The largest absolute Gasteiger partial charge is 0.453 e. The van der Waals surface area contributed by atoms with Crippen molar-refractivity contribution in [2.45, 2.75) is 29.3 Å². The van der Waals surface area contributed by atoms with Gasteiger partial charge in [-0.25, -0.2) is 4.79 Å². The lowest BCUT2D eigenvalue weighted by Crippen LogP contribution is -2.46. The first-order valence-electron chi connectivity index (χ1n) is 7.28. The topological polar surface area (TPSA) is 58.6 Å². The van der Waals surface area contributed by atoms with Gasteiger partial charge in [-0.05, 0) is 48.9 Å². The van der Waals surface area contributed by atoms with E-state index in [1.165, 1.54) is 31.4 Å². The number of alkyl halides is 3. The SMILES string of the molecule is COC(=O)N1CCC(NC(=O)c2ccc(SC(F)(F)F)cc2)CC1. The van der Waals surface area contributed by atoms with E-state index in [0.717, 1.165) is 0 Å². The van der Waals surface area contributed by atoms with Crippen molar-refractivity contribution in [1.29, 1.82) is 0 Å². The zero-order valence-electron chi connectivity index (χ0n) is 12.9. The summed E-state index contributed by atoms with van der Waals surface area (Å²) in [7, 11) is 1.32. The Kier molecular flexibility index (Phi) is 5.98. The number of carbonyl (C=O) groups is 2. The van der Waals surface area contributed by atoms with Crippen molar-refractivity contribution in [3.63, 3.8) is 0 Å². The molecule has 1 saturated heterocycles. The fourth-order valence-electron chi connectivity index (χ4n) is 2.41. The van der Waals surface area contributed by atoms with Crippen LogP contribution in [0.15, 0.2) is 29.2 Å². The number of benzene rings is 1. The Hall–Kier alpha value is -1.90. The summed E-state index contributed by atoms with van der Waals surface area (Å²) >= 11 is -0.219. The summed E-state index contributed by atoms with van der Waals surface area (Å²) in [6, 6.07) is 5.20. The van der Waals surface area contributed by atoms with Gasteiger partial charge in [0.15, 0.2) is 0 Å². The van der Waals surface area contributed by atoms with Crippen molar-refractivity contribution in [2.24, 2.45) is 0 Å². The van der Waals surface area contributed by atoms with Gasteiger partial charge in [0.2, 0.25) is 0 Å². The van der Waals surface area contributed by atoms with Crippen molar-refractivity contribution in [3.05, 3.63) is 29.8 Å². The third kappa shape index (κ3) is 5.33. The van der Waals surface area contributed by atoms with E-state index in [2.05, 4.69) is 10.1 Å². The number of thioether (sulfide) groups is 1. The van der Waals surface area contributed by atoms with Crippen LogP contribution in [0.2, 0.25) is 0 Å². The van der Waals surface area contributed by atoms with Crippen molar-refractivity contribution < 1.29 is 27.5 Å². The Bertz CT molecular complexity index is 585. The standard InChI is InChI=1S/C15H17F3N2O3S/c1-23-14(22)20-8-6-11(7-9-20)19-13(21)10-2-4-12(5-3-10)24-15(16,17)18/h2-5,11H,6-9H2,1H3,(H,19,21). The Labute approximate surface area is 141 Å². The second-order valence-electron chi connectivity index (χ2n) is 5.28. The summed E-state index contributed by atoms with van der Waals surface area (Å²) in [6.07, 6.45) is 0.809. The maximum absolute atomic E-state index is 12.3. The Morgan fingerprint density at radius 3 is 2.29 bits per heavy atom. The van der Waals surface area contributed by atoms with Gasteiger partial charge in [0.25, 0.3) is 5.91 Å². The molecule has 0 aliphatic carbocycles. The number of amides is 2. The summed E-state index contributed by atoms with van der Waals surface area (Å²) < 4.78 is 41.4. The predicted octanol–water partition coefficient (Wildman–Crippen LogP) is 3.26.